The highest BCUT2D eigenvalue weighted by Gasteiger charge is 2.27. The summed E-state index contributed by atoms with van der Waals surface area (Å²) in [6.45, 7) is 6.99. The smallest absolute Gasteiger partial charge is 0.326 e. The Hall–Kier alpha value is -3.16. The van der Waals surface area contributed by atoms with Gasteiger partial charge in [-0.1, -0.05) is 60.3 Å². The van der Waals surface area contributed by atoms with E-state index in [9.17, 15) is 23.1 Å². The van der Waals surface area contributed by atoms with Gasteiger partial charge in [-0.2, -0.15) is 4.31 Å². The molecule has 18 heteroatoms. The molecular formula is C38H51Cl2N3O11S2. The minimum Gasteiger partial charge on any atom is -0.496 e. The summed E-state index contributed by atoms with van der Waals surface area (Å²) in [6.07, 6.45) is 3.04. The van der Waals surface area contributed by atoms with E-state index in [2.05, 4.69) is 18.1 Å². The third-order valence-electron chi connectivity index (χ3n) is 8.53. The Morgan fingerprint density at radius 3 is 2.11 bits per heavy atom. The zero-order valence-electron chi connectivity index (χ0n) is 32.2. The van der Waals surface area contributed by atoms with Crippen molar-refractivity contribution in [3.63, 3.8) is 0 Å². The fourth-order valence-electron chi connectivity index (χ4n) is 5.62. The zero-order chi connectivity index (χ0) is 41.3. The van der Waals surface area contributed by atoms with Crippen LogP contribution in [0.3, 0.4) is 0 Å². The number of amides is 1. The molecule has 0 bridgehead atoms. The van der Waals surface area contributed by atoms with Crippen molar-refractivity contribution in [2.24, 2.45) is 0 Å². The second kappa shape index (κ2) is 23.3. The van der Waals surface area contributed by atoms with E-state index in [0.717, 1.165) is 35.1 Å². The fourth-order valence-corrected chi connectivity index (χ4v) is 8.06. The van der Waals surface area contributed by atoms with Gasteiger partial charge in [0.2, 0.25) is 16.4 Å². The topological polar surface area (TPSA) is 162 Å². The summed E-state index contributed by atoms with van der Waals surface area (Å²) in [5.41, 5.74) is 2.84. The van der Waals surface area contributed by atoms with E-state index >= 15 is 0 Å². The maximum Gasteiger partial charge on any atom is 0.326 e. The molecule has 1 heterocycles. The van der Waals surface area contributed by atoms with Crippen molar-refractivity contribution >= 4 is 58.4 Å². The number of carboxylic acid groups (broad SMARTS) is 1. The van der Waals surface area contributed by atoms with Crippen molar-refractivity contribution < 1.29 is 51.6 Å². The third-order valence-corrected chi connectivity index (χ3v) is 11.1. The normalized spacial score (nSPS) is 13.9. The monoisotopic (exact) mass is 859 g/mol. The Morgan fingerprint density at radius 2 is 1.57 bits per heavy atom. The number of thiol groups is 1. The predicted molar refractivity (Wildman–Crippen MR) is 217 cm³/mol. The Labute approximate surface area is 344 Å². The first-order valence-corrected chi connectivity index (χ1v) is 20.3. The molecule has 0 aliphatic carbocycles. The molecule has 1 unspecified atom stereocenters. The van der Waals surface area contributed by atoms with Crippen molar-refractivity contribution in [2.45, 2.75) is 62.7 Å². The van der Waals surface area contributed by atoms with Crippen molar-refractivity contribution in [3.8, 4) is 22.6 Å². The number of halogens is 2. The first-order chi connectivity index (χ1) is 26.6. The Balaban J connectivity index is 0.000000433. The fraction of sp³-hybridized carbons (Fsp3) is 0.474. The van der Waals surface area contributed by atoms with Crippen molar-refractivity contribution in [1.82, 2.24) is 14.1 Å². The molecule has 4 rings (SSSR count). The van der Waals surface area contributed by atoms with Crippen LogP contribution in [0.5, 0.6) is 11.5 Å². The summed E-state index contributed by atoms with van der Waals surface area (Å²) in [7, 11) is 1.32. The van der Waals surface area contributed by atoms with Gasteiger partial charge in [0, 0.05) is 43.1 Å². The van der Waals surface area contributed by atoms with Gasteiger partial charge < -0.3 is 34.1 Å². The SMILES string of the molecule is COCN(S)OCCC(C)(C)OCCOCc1cc(OC)c(-c2ccc(CC(NC=O)C(=O)O)cc2)c(OC)c1.O=S(=O)(c1cc(Cl)cc(Cl)c1)N1CCCC1. The van der Waals surface area contributed by atoms with Crippen LogP contribution in [-0.2, 0) is 51.7 Å². The minimum absolute atomic E-state index is 0.163. The number of nitrogens with zero attached hydrogens (tertiary/aromatic N) is 2. The first kappa shape index (κ1) is 47.2. The van der Waals surface area contributed by atoms with E-state index in [1.54, 1.807) is 21.3 Å². The average molecular weight is 861 g/mol. The lowest BCUT2D eigenvalue weighted by atomic mass is 9.98. The minimum atomic E-state index is -3.42. The van der Waals surface area contributed by atoms with Crippen molar-refractivity contribution in [1.29, 1.82) is 0 Å². The number of methoxy groups -OCH3 is 3. The molecule has 1 amide bonds. The molecule has 1 aliphatic rings. The summed E-state index contributed by atoms with van der Waals surface area (Å²) in [4.78, 5) is 27.6. The van der Waals surface area contributed by atoms with Crippen LogP contribution in [0.25, 0.3) is 11.1 Å². The maximum absolute atomic E-state index is 12.1. The first-order valence-electron chi connectivity index (χ1n) is 17.7. The van der Waals surface area contributed by atoms with Crippen LogP contribution in [0.15, 0.2) is 59.5 Å². The lowest BCUT2D eigenvalue weighted by Crippen LogP contribution is -2.37. The maximum atomic E-state index is 12.1. The van der Waals surface area contributed by atoms with Crippen molar-refractivity contribution in [2.75, 3.05) is 61.0 Å². The van der Waals surface area contributed by atoms with Gasteiger partial charge in [-0.15, -0.1) is 4.47 Å². The number of hydrogen-bond acceptors (Lipinski definition) is 12. The molecule has 1 atom stereocenters. The van der Waals surface area contributed by atoms with Gasteiger partial charge in [-0.25, -0.2) is 13.2 Å². The van der Waals surface area contributed by atoms with E-state index in [0.29, 0.717) is 73.9 Å². The van der Waals surface area contributed by atoms with Crippen LogP contribution >= 0.6 is 36.0 Å². The van der Waals surface area contributed by atoms with E-state index in [-0.39, 0.29) is 18.0 Å². The second-order valence-corrected chi connectivity index (χ2v) is 16.4. The van der Waals surface area contributed by atoms with Gasteiger partial charge in [0.15, 0.2) is 0 Å². The molecule has 56 heavy (non-hydrogen) atoms. The highest BCUT2D eigenvalue weighted by Crippen LogP contribution is 2.40. The van der Waals surface area contributed by atoms with Gasteiger partial charge in [0.1, 0.15) is 24.3 Å². The number of aliphatic carboxylic acids is 1. The molecule has 2 N–H and O–H groups in total. The van der Waals surface area contributed by atoms with E-state index < -0.39 is 27.6 Å². The number of nitrogens with one attached hydrogen (secondary N) is 1. The molecule has 0 saturated carbocycles. The standard InChI is InChI=1S/C28H40N2O9S.C10H11Cl2NO2S/c1-28(2,10-11-39-30(40)19-34-3)38-13-12-37-17-21-15-24(35-4)26(25(16-21)36-5)22-8-6-20(7-9-22)14-23(27(32)33)29-18-31;11-8-5-9(12)7-10(6-8)16(14,15)13-3-1-2-4-13/h6-9,15-16,18,23,40H,10-14,17,19H2,1-5H3,(H,29,31)(H,32,33);5-7H,1-4H2. The zero-order valence-corrected chi connectivity index (χ0v) is 35.4. The molecule has 0 radical (unpaired) electrons. The number of carbonyl (C=O) groups excluding carboxylic acids is 1. The largest absolute Gasteiger partial charge is 0.496 e. The lowest BCUT2D eigenvalue weighted by Gasteiger charge is -2.26. The van der Waals surface area contributed by atoms with E-state index in [1.807, 2.05) is 50.2 Å². The quantitative estimate of drug-likeness (QED) is 0.0342. The van der Waals surface area contributed by atoms with Crippen LogP contribution < -0.4 is 14.8 Å². The highest BCUT2D eigenvalue weighted by atomic mass is 35.5. The molecular weight excluding hydrogens is 809 g/mol. The lowest BCUT2D eigenvalue weighted by molar-refractivity contribution is -0.142. The number of hydroxylamine groups is 1. The number of benzene rings is 3. The molecule has 3 aromatic rings. The molecule has 1 aliphatic heterocycles. The molecule has 0 aromatic heterocycles. The summed E-state index contributed by atoms with van der Waals surface area (Å²) >= 11 is 15.7. The number of carboxylic acids is 1. The van der Waals surface area contributed by atoms with Gasteiger partial charge in [0.05, 0.1) is 56.7 Å². The number of sulfonamides is 1. The van der Waals surface area contributed by atoms with E-state index in [4.69, 9.17) is 51.7 Å². The summed E-state index contributed by atoms with van der Waals surface area (Å²) < 4.78 is 55.2. The summed E-state index contributed by atoms with van der Waals surface area (Å²) in [5, 5.41) is 12.3. The number of rotatable bonds is 22. The van der Waals surface area contributed by atoms with Crippen molar-refractivity contribution in [3.05, 3.63) is 75.8 Å². The third kappa shape index (κ3) is 15.0. The van der Waals surface area contributed by atoms with Crippen LogP contribution in [0.4, 0.5) is 0 Å². The average Bonchev–Trinajstić information content (AvgIpc) is 3.71. The van der Waals surface area contributed by atoms with Gasteiger partial charge in [0.25, 0.3) is 0 Å². The second-order valence-electron chi connectivity index (χ2n) is 13.2. The van der Waals surface area contributed by atoms with Crippen LogP contribution in [-0.4, -0.2) is 107 Å². The van der Waals surface area contributed by atoms with Gasteiger partial charge in [-0.3, -0.25) is 9.63 Å². The molecule has 310 valence electrons. The molecule has 1 fully saturated rings. The van der Waals surface area contributed by atoms with E-state index in [1.165, 1.54) is 27.0 Å². The predicted octanol–water partition coefficient (Wildman–Crippen LogP) is 6.27. The molecule has 0 spiro atoms. The highest BCUT2D eigenvalue weighted by molar-refractivity contribution is 7.89. The summed E-state index contributed by atoms with van der Waals surface area (Å²) in [5.74, 6) is 0.128. The summed E-state index contributed by atoms with van der Waals surface area (Å²) in [6, 6.07) is 14.5. The Morgan fingerprint density at radius 1 is 0.964 bits per heavy atom. The molecule has 3 aromatic carbocycles. The van der Waals surface area contributed by atoms with Gasteiger partial charge >= 0.3 is 5.97 Å². The molecule has 1 saturated heterocycles. The van der Waals surface area contributed by atoms with Crippen LogP contribution in [0.1, 0.15) is 44.2 Å². The Kier molecular flexibility index (Phi) is 19.6. The number of hydrogen-bond donors (Lipinski definition) is 3. The number of carbonyl (C=O) groups is 2. The number of ether oxygens (including phenoxy) is 5. The van der Waals surface area contributed by atoms with Crippen LogP contribution in [0.2, 0.25) is 10.0 Å². The Bertz CT molecular complexity index is 1770. The molecule has 14 nitrogen and oxygen atoms in total. The van der Waals surface area contributed by atoms with Gasteiger partial charge in [-0.05, 0) is 73.7 Å². The van der Waals surface area contributed by atoms with Crippen LogP contribution in [0, 0.1) is 0 Å².